The van der Waals surface area contributed by atoms with Crippen molar-refractivity contribution in [2.75, 3.05) is 55.9 Å². The monoisotopic (exact) mass is 534 g/mol. The van der Waals surface area contributed by atoms with Crippen molar-refractivity contribution in [2.45, 2.75) is 12.8 Å². The maximum absolute atomic E-state index is 12.2. The molecule has 2 fully saturated rings. The largest absolute Gasteiger partial charge is 0.494 e. The van der Waals surface area contributed by atoms with Crippen molar-refractivity contribution in [1.29, 1.82) is 0 Å². The quantitative estimate of drug-likeness (QED) is 0.356. The summed E-state index contributed by atoms with van der Waals surface area (Å²) in [5, 5.41) is 6.31. The number of anilines is 4. The molecule has 3 aromatic rings. The summed E-state index contributed by atoms with van der Waals surface area (Å²) in [6, 6.07) is 13.1. The number of nitrogens with zero attached hydrogens (tertiary/aromatic N) is 4. The van der Waals surface area contributed by atoms with E-state index in [-0.39, 0.29) is 16.8 Å². The molecule has 198 valence electrons. The number of amides is 1. The number of aromatic nitrogens is 2. The summed E-state index contributed by atoms with van der Waals surface area (Å²) >= 11 is 6.34. The first-order valence-corrected chi connectivity index (χ1v) is 13.0. The molecule has 0 radical (unpaired) electrons. The molecule has 0 spiro atoms. The van der Waals surface area contributed by atoms with Gasteiger partial charge in [0.1, 0.15) is 16.5 Å². The van der Waals surface area contributed by atoms with Crippen LogP contribution in [0.15, 0.2) is 60.8 Å². The third kappa shape index (κ3) is 6.73. The Labute approximate surface area is 227 Å². The normalized spacial score (nSPS) is 15.9. The van der Waals surface area contributed by atoms with Crippen LogP contribution >= 0.6 is 11.6 Å². The van der Waals surface area contributed by atoms with Crippen molar-refractivity contribution >= 4 is 40.5 Å². The molecule has 10 heteroatoms. The summed E-state index contributed by atoms with van der Waals surface area (Å²) in [5.74, 6) is 2.02. The number of likely N-dealkylation sites (N-methyl/N-ethyl adjacent to an activating group) is 1. The van der Waals surface area contributed by atoms with Crippen LogP contribution in [0.3, 0.4) is 0 Å². The second kappa shape index (κ2) is 11.7. The lowest BCUT2D eigenvalue weighted by atomic mass is 10.2. The molecule has 1 aromatic heterocycles. The van der Waals surface area contributed by atoms with Gasteiger partial charge in [0.25, 0.3) is 0 Å². The van der Waals surface area contributed by atoms with Gasteiger partial charge in [-0.15, -0.1) is 0 Å². The van der Waals surface area contributed by atoms with Crippen LogP contribution in [0.5, 0.6) is 17.4 Å². The van der Waals surface area contributed by atoms with E-state index < -0.39 is 0 Å². The molecule has 1 aliphatic carbocycles. The maximum atomic E-state index is 12.2. The summed E-state index contributed by atoms with van der Waals surface area (Å²) in [7, 11) is 3.77. The molecular weight excluding hydrogens is 504 g/mol. The minimum atomic E-state index is -0.173. The van der Waals surface area contributed by atoms with Gasteiger partial charge in [0.2, 0.25) is 17.7 Å². The molecule has 1 aliphatic heterocycles. The Balaban J connectivity index is 1.27. The number of ether oxygens (including phenoxy) is 2. The maximum Gasteiger partial charge on any atom is 0.248 e. The Morgan fingerprint density at radius 1 is 1.13 bits per heavy atom. The number of rotatable bonds is 9. The van der Waals surface area contributed by atoms with Gasteiger partial charge in [0.05, 0.1) is 19.0 Å². The second-order valence-electron chi connectivity index (χ2n) is 9.46. The molecule has 9 nitrogen and oxygen atoms in total. The zero-order valence-corrected chi connectivity index (χ0v) is 22.2. The summed E-state index contributed by atoms with van der Waals surface area (Å²) in [5.41, 5.74) is 2.45. The van der Waals surface area contributed by atoms with Crippen molar-refractivity contribution in [3.8, 4) is 17.4 Å². The third-order valence-electron chi connectivity index (χ3n) is 6.47. The number of allylic oxidation sites excluding steroid dienone is 1. The van der Waals surface area contributed by atoms with Gasteiger partial charge < -0.3 is 29.9 Å². The van der Waals surface area contributed by atoms with E-state index in [4.69, 9.17) is 21.1 Å². The van der Waals surface area contributed by atoms with Crippen LogP contribution in [0.1, 0.15) is 12.8 Å². The lowest BCUT2D eigenvalue weighted by Gasteiger charge is -2.34. The van der Waals surface area contributed by atoms with Gasteiger partial charge in [-0.25, -0.2) is 4.98 Å². The molecular formula is C28H31ClN6O3. The van der Waals surface area contributed by atoms with E-state index in [9.17, 15) is 4.79 Å². The lowest BCUT2D eigenvalue weighted by molar-refractivity contribution is -0.111. The standard InChI is InChI=1S/C28H31ClN6O3/c1-34-12-14-35(15-13-34)21-9-10-24(25(17-21)37-2)32-28-30-18-23(29)27(33-28)38-22-5-3-4-20(16-22)31-26(36)11-8-19-6-7-19/h3-5,8-11,16-19H,6-7,12-15H2,1-2H3,(H,31,36)(H,30,32,33)/b11-8+. The van der Waals surface area contributed by atoms with Crippen LogP contribution in [0.25, 0.3) is 0 Å². The predicted molar refractivity (Wildman–Crippen MR) is 150 cm³/mol. The van der Waals surface area contributed by atoms with Crippen LogP contribution in [-0.4, -0.2) is 61.1 Å². The van der Waals surface area contributed by atoms with Gasteiger partial charge in [-0.3, -0.25) is 4.79 Å². The molecule has 0 atom stereocenters. The van der Waals surface area contributed by atoms with Crippen LogP contribution in [0, 0.1) is 5.92 Å². The first kappa shape index (κ1) is 25.8. The predicted octanol–water partition coefficient (Wildman–Crippen LogP) is 5.33. The van der Waals surface area contributed by atoms with E-state index in [2.05, 4.69) is 43.5 Å². The van der Waals surface area contributed by atoms with Crippen molar-refractivity contribution in [3.05, 3.63) is 65.8 Å². The van der Waals surface area contributed by atoms with Crippen LogP contribution < -0.4 is 25.0 Å². The summed E-state index contributed by atoms with van der Waals surface area (Å²) in [4.78, 5) is 25.6. The topological polar surface area (TPSA) is 91.9 Å². The molecule has 2 aromatic carbocycles. The van der Waals surface area contributed by atoms with Crippen molar-refractivity contribution in [2.24, 2.45) is 5.92 Å². The third-order valence-corrected chi connectivity index (χ3v) is 6.73. The highest BCUT2D eigenvalue weighted by Gasteiger charge is 2.18. The van der Waals surface area contributed by atoms with Gasteiger partial charge in [0.15, 0.2) is 0 Å². The van der Waals surface area contributed by atoms with E-state index in [1.54, 1.807) is 37.5 Å². The smallest absolute Gasteiger partial charge is 0.248 e. The molecule has 0 unspecified atom stereocenters. The average molecular weight is 535 g/mol. The first-order chi connectivity index (χ1) is 18.5. The van der Waals surface area contributed by atoms with E-state index in [1.807, 2.05) is 18.2 Å². The van der Waals surface area contributed by atoms with Crippen LogP contribution in [0.2, 0.25) is 5.02 Å². The number of nitrogens with one attached hydrogen (secondary N) is 2. The number of carbonyl (C=O) groups excluding carboxylic acids is 1. The number of methoxy groups -OCH3 is 1. The molecule has 2 N–H and O–H groups in total. The Kier molecular flexibility index (Phi) is 7.95. The number of carbonyl (C=O) groups is 1. The molecule has 1 amide bonds. The summed E-state index contributed by atoms with van der Waals surface area (Å²) in [6.45, 7) is 3.98. The molecule has 1 saturated heterocycles. The van der Waals surface area contributed by atoms with Crippen LogP contribution in [-0.2, 0) is 4.79 Å². The molecule has 5 rings (SSSR count). The fourth-order valence-corrected chi connectivity index (χ4v) is 4.22. The average Bonchev–Trinajstić information content (AvgIpc) is 3.75. The Morgan fingerprint density at radius 3 is 2.71 bits per heavy atom. The second-order valence-corrected chi connectivity index (χ2v) is 9.87. The highest BCUT2D eigenvalue weighted by molar-refractivity contribution is 6.31. The first-order valence-electron chi connectivity index (χ1n) is 12.6. The Hall–Kier alpha value is -3.82. The minimum Gasteiger partial charge on any atom is -0.494 e. The highest BCUT2D eigenvalue weighted by Crippen LogP contribution is 2.34. The van der Waals surface area contributed by atoms with Gasteiger partial charge in [-0.1, -0.05) is 23.7 Å². The Morgan fingerprint density at radius 2 is 1.95 bits per heavy atom. The molecule has 1 saturated carbocycles. The van der Waals surface area contributed by atoms with Crippen molar-refractivity contribution in [1.82, 2.24) is 14.9 Å². The fraction of sp³-hybridized carbons (Fsp3) is 0.321. The highest BCUT2D eigenvalue weighted by atomic mass is 35.5. The lowest BCUT2D eigenvalue weighted by Crippen LogP contribution is -2.44. The van der Waals surface area contributed by atoms with Crippen molar-refractivity contribution < 1.29 is 14.3 Å². The number of hydrogen-bond donors (Lipinski definition) is 2. The molecule has 0 bridgehead atoms. The number of hydrogen-bond acceptors (Lipinski definition) is 8. The van der Waals surface area contributed by atoms with E-state index >= 15 is 0 Å². The van der Waals surface area contributed by atoms with E-state index in [0.29, 0.717) is 29.1 Å². The zero-order chi connectivity index (χ0) is 26.5. The van der Waals surface area contributed by atoms with Gasteiger partial charge >= 0.3 is 0 Å². The van der Waals surface area contributed by atoms with E-state index in [1.165, 1.54) is 6.20 Å². The van der Waals surface area contributed by atoms with Crippen molar-refractivity contribution in [3.63, 3.8) is 0 Å². The molecule has 2 aliphatic rings. The van der Waals surface area contributed by atoms with Gasteiger partial charge in [0, 0.05) is 49.7 Å². The minimum absolute atomic E-state index is 0.173. The molecule has 38 heavy (non-hydrogen) atoms. The Bertz CT molecular complexity index is 1320. The van der Waals surface area contributed by atoms with Gasteiger partial charge in [-0.05, 0) is 56.1 Å². The summed E-state index contributed by atoms with van der Waals surface area (Å²) in [6.07, 6.45) is 7.30. The molecule has 2 heterocycles. The van der Waals surface area contributed by atoms with Crippen LogP contribution in [0.4, 0.5) is 23.0 Å². The van der Waals surface area contributed by atoms with Gasteiger partial charge in [-0.2, -0.15) is 4.98 Å². The fourth-order valence-electron chi connectivity index (χ4n) is 4.09. The number of piperazine rings is 1. The number of halogens is 1. The SMILES string of the molecule is COc1cc(N2CCN(C)CC2)ccc1Nc1ncc(Cl)c(Oc2cccc(NC(=O)/C=C/C3CC3)c2)n1. The zero-order valence-electron chi connectivity index (χ0n) is 21.5. The summed E-state index contributed by atoms with van der Waals surface area (Å²) < 4.78 is 11.6. The van der Waals surface area contributed by atoms with E-state index in [0.717, 1.165) is 50.4 Å². The number of benzene rings is 2.